The first-order valence-corrected chi connectivity index (χ1v) is 9.77. The standard InChI is InChI=1S/C19H20FN3O2S/c20-14-4-1-3-12(11-14)8-9-21-17(24)18-22-16-15(26-18)5-2-10-23(16)19(25)13-6-7-13/h1,3-4,11,13H,2,5-10H2,(H,21,24). The zero-order valence-electron chi connectivity index (χ0n) is 14.3. The molecule has 2 heterocycles. The number of amides is 2. The van der Waals surface area contributed by atoms with Gasteiger partial charge in [0.05, 0.1) is 0 Å². The Labute approximate surface area is 155 Å². The number of benzene rings is 1. The highest BCUT2D eigenvalue weighted by Gasteiger charge is 2.37. The zero-order chi connectivity index (χ0) is 18.1. The fraction of sp³-hybridized carbons (Fsp3) is 0.421. The normalized spacial score (nSPS) is 16.3. The van der Waals surface area contributed by atoms with Crippen LogP contribution in [-0.2, 0) is 17.6 Å². The van der Waals surface area contributed by atoms with Crippen LogP contribution in [-0.4, -0.2) is 29.9 Å². The van der Waals surface area contributed by atoms with Crippen molar-refractivity contribution >= 4 is 29.0 Å². The summed E-state index contributed by atoms with van der Waals surface area (Å²) in [7, 11) is 0. The van der Waals surface area contributed by atoms with E-state index in [4.69, 9.17) is 0 Å². The molecule has 0 spiro atoms. The molecule has 136 valence electrons. The molecular weight excluding hydrogens is 353 g/mol. The molecule has 1 aromatic carbocycles. The van der Waals surface area contributed by atoms with Crippen molar-refractivity contribution in [2.45, 2.75) is 32.1 Å². The van der Waals surface area contributed by atoms with E-state index < -0.39 is 0 Å². The van der Waals surface area contributed by atoms with Gasteiger partial charge in [-0.15, -0.1) is 11.3 Å². The number of aryl methyl sites for hydroxylation is 1. The highest BCUT2D eigenvalue weighted by atomic mass is 32.1. The molecule has 1 aliphatic heterocycles. The molecule has 1 aliphatic carbocycles. The molecule has 1 saturated carbocycles. The number of carbonyl (C=O) groups is 2. The van der Waals surface area contributed by atoms with Crippen LogP contribution in [0.2, 0.25) is 0 Å². The van der Waals surface area contributed by atoms with Crippen LogP contribution in [0.5, 0.6) is 0 Å². The lowest BCUT2D eigenvalue weighted by molar-refractivity contribution is -0.119. The molecule has 1 aromatic heterocycles. The Balaban J connectivity index is 1.40. The Morgan fingerprint density at radius 2 is 2.19 bits per heavy atom. The van der Waals surface area contributed by atoms with Crippen LogP contribution in [0.15, 0.2) is 24.3 Å². The summed E-state index contributed by atoms with van der Waals surface area (Å²) in [5.41, 5.74) is 0.838. The fourth-order valence-corrected chi connectivity index (χ4v) is 4.20. The summed E-state index contributed by atoms with van der Waals surface area (Å²) >= 11 is 1.37. The number of fused-ring (bicyclic) bond motifs is 1. The highest BCUT2D eigenvalue weighted by Crippen LogP contribution is 2.37. The second kappa shape index (κ2) is 7.15. The number of halogens is 1. The maximum absolute atomic E-state index is 13.2. The summed E-state index contributed by atoms with van der Waals surface area (Å²) in [5, 5.41) is 3.23. The number of hydrogen-bond acceptors (Lipinski definition) is 4. The Bertz CT molecular complexity index is 847. The van der Waals surface area contributed by atoms with Crippen molar-refractivity contribution in [3.63, 3.8) is 0 Å². The lowest BCUT2D eigenvalue weighted by atomic mass is 10.1. The highest BCUT2D eigenvalue weighted by molar-refractivity contribution is 7.14. The molecule has 0 unspecified atom stereocenters. The van der Waals surface area contributed by atoms with E-state index in [1.165, 1.54) is 23.5 Å². The van der Waals surface area contributed by atoms with Gasteiger partial charge in [-0.2, -0.15) is 0 Å². The van der Waals surface area contributed by atoms with Crippen molar-refractivity contribution in [3.05, 3.63) is 45.5 Å². The van der Waals surface area contributed by atoms with Crippen LogP contribution in [0.25, 0.3) is 0 Å². The zero-order valence-corrected chi connectivity index (χ0v) is 15.2. The van der Waals surface area contributed by atoms with Crippen LogP contribution in [0.1, 0.15) is 39.5 Å². The first-order chi connectivity index (χ1) is 12.6. The van der Waals surface area contributed by atoms with Crippen molar-refractivity contribution in [1.82, 2.24) is 10.3 Å². The van der Waals surface area contributed by atoms with Crippen LogP contribution >= 0.6 is 11.3 Å². The third kappa shape index (κ3) is 3.62. The van der Waals surface area contributed by atoms with Gasteiger partial charge in [-0.3, -0.25) is 14.5 Å². The molecule has 2 amide bonds. The Kier molecular flexibility index (Phi) is 4.72. The number of carbonyl (C=O) groups excluding carboxylic acids is 2. The minimum Gasteiger partial charge on any atom is -0.350 e. The first kappa shape index (κ1) is 17.1. The van der Waals surface area contributed by atoms with Gasteiger partial charge in [0.1, 0.15) is 11.6 Å². The van der Waals surface area contributed by atoms with Crippen molar-refractivity contribution in [2.24, 2.45) is 5.92 Å². The van der Waals surface area contributed by atoms with Crippen molar-refractivity contribution in [1.29, 1.82) is 0 Å². The van der Waals surface area contributed by atoms with Crippen molar-refractivity contribution < 1.29 is 14.0 Å². The van der Waals surface area contributed by atoms with Gasteiger partial charge < -0.3 is 5.32 Å². The fourth-order valence-electron chi connectivity index (χ4n) is 3.17. The van der Waals surface area contributed by atoms with E-state index in [-0.39, 0.29) is 23.5 Å². The largest absolute Gasteiger partial charge is 0.350 e. The maximum atomic E-state index is 13.2. The molecule has 0 radical (unpaired) electrons. The number of thiazole rings is 1. The van der Waals surface area contributed by atoms with E-state index in [0.29, 0.717) is 30.3 Å². The molecule has 1 fully saturated rings. The minimum atomic E-state index is -0.276. The number of aromatic nitrogens is 1. The van der Waals surface area contributed by atoms with Gasteiger partial charge in [0, 0.05) is 23.9 Å². The number of nitrogens with zero attached hydrogens (tertiary/aromatic N) is 2. The summed E-state index contributed by atoms with van der Waals surface area (Å²) in [6.07, 6.45) is 4.25. The smallest absolute Gasteiger partial charge is 0.280 e. The summed E-state index contributed by atoms with van der Waals surface area (Å²) in [6.45, 7) is 1.10. The van der Waals surface area contributed by atoms with Gasteiger partial charge in [0.15, 0.2) is 5.01 Å². The van der Waals surface area contributed by atoms with Crippen LogP contribution in [0.4, 0.5) is 10.2 Å². The summed E-state index contributed by atoms with van der Waals surface area (Å²) in [4.78, 5) is 32.0. The van der Waals surface area contributed by atoms with Crippen LogP contribution in [0, 0.1) is 11.7 Å². The lowest BCUT2D eigenvalue weighted by Gasteiger charge is -2.25. The topological polar surface area (TPSA) is 62.3 Å². The Morgan fingerprint density at radius 3 is 2.96 bits per heavy atom. The molecule has 0 saturated heterocycles. The molecule has 5 nitrogen and oxygen atoms in total. The SMILES string of the molecule is O=C(NCCc1cccc(F)c1)c1nc2c(s1)CCCN2C(=O)C1CC1. The van der Waals surface area contributed by atoms with Crippen LogP contribution < -0.4 is 10.2 Å². The van der Waals surface area contributed by atoms with E-state index in [0.717, 1.165) is 36.1 Å². The average Bonchev–Trinajstić information content (AvgIpc) is 3.39. The number of rotatable bonds is 5. The molecule has 7 heteroatoms. The van der Waals surface area contributed by atoms with Crippen LogP contribution in [0.3, 0.4) is 0 Å². The van der Waals surface area contributed by atoms with Gasteiger partial charge in [0.2, 0.25) is 5.91 Å². The second-order valence-corrected chi connectivity index (χ2v) is 7.85. The third-order valence-corrected chi connectivity index (χ3v) is 5.80. The molecule has 0 atom stereocenters. The number of nitrogens with one attached hydrogen (secondary N) is 1. The van der Waals surface area contributed by atoms with Crippen molar-refractivity contribution in [3.8, 4) is 0 Å². The van der Waals surface area contributed by atoms with E-state index in [1.807, 2.05) is 6.07 Å². The molecular formula is C19H20FN3O2S. The van der Waals surface area contributed by atoms with E-state index in [1.54, 1.807) is 11.0 Å². The maximum Gasteiger partial charge on any atom is 0.280 e. The Hall–Kier alpha value is -2.28. The van der Waals surface area contributed by atoms with Crippen molar-refractivity contribution in [2.75, 3.05) is 18.0 Å². The Morgan fingerprint density at radius 1 is 1.35 bits per heavy atom. The minimum absolute atomic E-state index is 0.145. The molecule has 26 heavy (non-hydrogen) atoms. The first-order valence-electron chi connectivity index (χ1n) is 8.95. The van der Waals surface area contributed by atoms with Gasteiger partial charge in [-0.05, 0) is 49.8 Å². The van der Waals surface area contributed by atoms with Gasteiger partial charge in [0.25, 0.3) is 5.91 Å². The molecule has 0 bridgehead atoms. The van der Waals surface area contributed by atoms with E-state index in [2.05, 4.69) is 10.3 Å². The quantitative estimate of drug-likeness (QED) is 0.877. The third-order valence-electron chi connectivity index (χ3n) is 4.69. The number of hydrogen-bond donors (Lipinski definition) is 1. The van der Waals surface area contributed by atoms with E-state index in [9.17, 15) is 14.0 Å². The van der Waals surface area contributed by atoms with Gasteiger partial charge in [-0.1, -0.05) is 12.1 Å². The summed E-state index contributed by atoms with van der Waals surface area (Å²) in [5.74, 6) is 0.454. The van der Waals surface area contributed by atoms with E-state index >= 15 is 0 Å². The molecule has 1 N–H and O–H groups in total. The average molecular weight is 373 g/mol. The summed E-state index contributed by atoms with van der Waals surface area (Å²) in [6, 6.07) is 6.36. The second-order valence-electron chi connectivity index (χ2n) is 6.77. The molecule has 2 aromatic rings. The molecule has 2 aliphatic rings. The lowest BCUT2D eigenvalue weighted by Crippen LogP contribution is -2.36. The summed E-state index contributed by atoms with van der Waals surface area (Å²) < 4.78 is 13.2. The predicted molar refractivity (Wildman–Crippen MR) is 97.9 cm³/mol. The molecule has 4 rings (SSSR count). The monoisotopic (exact) mass is 373 g/mol. The number of anilines is 1. The van der Waals surface area contributed by atoms with Gasteiger partial charge >= 0.3 is 0 Å². The van der Waals surface area contributed by atoms with Gasteiger partial charge in [-0.25, -0.2) is 9.37 Å². The predicted octanol–water partition coefficient (Wildman–Crippen LogP) is 2.94.